The van der Waals surface area contributed by atoms with Gasteiger partial charge in [0.2, 0.25) is 0 Å². The summed E-state index contributed by atoms with van der Waals surface area (Å²) in [4.78, 5) is 14.0. The zero-order valence-corrected chi connectivity index (χ0v) is 12.0. The second-order valence-electron chi connectivity index (χ2n) is 4.61. The minimum Gasteiger partial charge on any atom is -0.301 e. The van der Waals surface area contributed by atoms with E-state index >= 15 is 0 Å². The molecule has 0 radical (unpaired) electrons. The van der Waals surface area contributed by atoms with Gasteiger partial charge in [-0.3, -0.25) is 0 Å². The monoisotopic (exact) mass is 278 g/mol. The first-order valence-corrected chi connectivity index (χ1v) is 6.42. The van der Waals surface area contributed by atoms with Crippen LogP contribution in [0.1, 0.15) is 18.5 Å². The molecule has 1 aromatic heterocycles. The molecule has 0 saturated heterocycles. The van der Waals surface area contributed by atoms with Crippen LogP contribution in [0.5, 0.6) is 0 Å². The van der Waals surface area contributed by atoms with Crippen LogP contribution in [0.2, 0.25) is 5.02 Å². The number of rotatable bonds is 2. The SMILES string of the molecule is CC(c1cccc(Cl)c1)N(C)C(=O)n1cc[n+](C)c1. The lowest BCUT2D eigenvalue weighted by Crippen LogP contribution is -2.34. The number of carbonyl (C=O) groups is 1. The predicted octanol–water partition coefficient (Wildman–Crippen LogP) is 2.63. The molecule has 5 heteroatoms. The molecule has 0 spiro atoms. The number of hydrogen-bond donors (Lipinski definition) is 0. The highest BCUT2D eigenvalue weighted by atomic mass is 35.5. The van der Waals surface area contributed by atoms with Crippen molar-refractivity contribution in [2.75, 3.05) is 7.05 Å². The molecule has 0 aliphatic rings. The number of carbonyl (C=O) groups excluding carboxylic acids is 1. The molecule has 0 saturated carbocycles. The molecule has 4 nitrogen and oxygen atoms in total. The number of benzene rings is 1. The van der Waals surface area contributed by atoms with Crippen LogP contribution < -0.4 is 4.57 Å². The lowest BCUT2D eigenvalue weighted by atomic mass is 10.1. The predicted molar refractivity (Wildman–Crippen MR) is 74.0 cm³/mol. The smallest absolute Gasteiger partial charge is 0.301 e. The topological polar surface area (TPSA) is 29.1 Å². The lowest BCUT2D eigenvalue weighted by molar-refractivity contribution is -0.670. The van der Waals surface area contributed by atoms with Crippen molar-refractivity contribution < 1.29 is 9.36 Å². The number of aromatic nitrogens is 2. The van der Waals surface area contributed by atoms with Crippen molar-refractivity contribution in [3.63, 3.8) is 0 Å². The van der Waals surface area contributed by atoms with Gasteiger partial charge in [0.05, 0.1) is 13.1 Å². The summed E-state index contributed by atoms with van der Waals surface area (Å²) in [6, 6.07) is 7.45. The summed E-state index contributed by atoms with van der Waals surface area (Å²) in [6.07, 6.45) is 5.31. The molecule has 0 aliphatic heterocycles. The van der Waals surface area contributed by atoms with Gasteiger partial charge in [0.1, 0.15) is 12.4 Å². The van der Waals surface area contributed by atoms with Crippen molar-refractivity contribution in [2.45, 2.75) is 13.0 Å². The van der Waals surface area contributed by atoms with E-state index in [-0.39, 0.29) is 12.1 Å². The number of halogens is 1. The maximum absolute atomic E-state index is 12.3. The first kappa shape index (κ1) is 13.6. The van der Waals surface area contributed by atoms with Crippen LogP contribution in [0.25, 0.3) is 0 Å². The Hall–Kier alpha value is -1.81. The molecule has 1 aromatic carbocycles. The third kappa shape index (κ3) is 2.96. The maximum atomic E-state index is 12.3. The van der Waals surface area contributed by atoms with E-state index in [9.17, 15) is 4.79 Å². The summed E-state index contributed by atoms with van der Waals surface area (Å²) >= 11 is 5.98. The quantitative estimate of drug-likeness (QED) is 0.777. The molecule has 1 unspecified atom stereocenters. The van der Waals surface area contributed by atoms with E-state index < -0.39 is 0 Å². The average Bonchev–Trinajstić information content (AvgIpc) is 2.83. The number of aryl methyl sites for hydroxylation is 1. The Morgan fingerprint density at radius 2 is 2.21 bits per heavy atom. The van der Waals surface area contributed by atoms with E-state index in [0.717, 1.165) is 5.56 Å². The van der Waals surface area contributed by atoms with Crippen molar-refractivity contribution in [1.82, 2.24) is 9.47 Å². The zero-order valence-electron chi connectivity index (χ0n) is 11.2. The van der Waals surface area contributed by atoms with Gasteiger partial charge >= 0.3 is 6.03 Å². The second-order valence-corrected chi connectivity index (χ2v) is 5.05. The Bertz CT molecular complexity index is 594. The minimum absolute atomic E-state index is 0.0427. The van der Waals surface area contributed by atoms with Gasteiger partial charge in [0, 0.05) is 12.1 Å². The summed E-state index contributed by atoms with van der Waals surface area (Å²) in [5.74, 6) is 0. The van der Waals surface area contributed by atoms with Gasteiger partial charge in [-0.15, -0.1) is 0 Å². The van der Waals surface area contributed by atoms with E-state index in [0.29, 0.717) is 5.02 Å². The first-order chi connectivity index (χ1) is 8.99. The molecular formula is C14H17ClN3O+. The van der Waals surface area contributed by atoms with Crippen molar-refractivity contribution in [1.29, 1.82) is 0 Å². The maximum Gasteiger partial charge on any atom is 0.416 e. The van der Waals surface area contributed by atoms with Crippen LogP contribution in [0.3, 0.4) is 0 Å². The summed E-state index contributed by atoms with van der Waals surface area (Å²) in [5.41, 5.74) is 1.01. The molecular weight excluding hydrogens is 262 g/mol. The van der Waals surface area contributed by atoms with Gasteiger partial charge in [0.15, 0.2) is 0 Å². The third-order valence-corrected chi connectivity index (χ3v) is 3.44. The molecule has 2 rings (SSSR count). The fourth-order valence-corrected chi connectivity index (χ4v) is 2.10. The van der Waals surface area contributed by atoms with Crippen LogP contribution in [0, 0.1) is 0 Å². The van der Waals surface area contributed by atoms with Crippen molar-refractivity contribution in [2.24, 2.45) is 7.05 Å². The highest BCUT2D eigenvalue weighted by Gasteiger charge is 2.22. The van der Waals surface area contributed by atoms with Gasteiger partial charge in [-0.2, -0.15) is 4.57 Å². The van der Waals surface area contributed by atoms with Gasteiger partial charge in [-0.1, -0.05) is 23.7 Å². The number of nitrogens with zero attached hydrogens (tertiary/aromatic N) is 3. The standard InChI is InChI=1S/C14H17ClN3O/c1-11(12-5-4-6-13(15)9-12)17(3)14(19)18-8-7-16(2)10-18/h4-11H,1-3H3/q+1. The van der Waals surface area contributed by atoms with Gasteiger partial charge < -0.3 is 4.90 Å². The van der Waals surface area contributed by atoms with E-state index in [4.69, 9.17) is 11.6 Å². The van der Waals surface area contributed by atoms with Gasteiger partial charge in [-0.25, -0.2) is 9.36 Å². The number of hydrogen-bond acceptors (Lipinski definition) is 1. The Balaban J connectivity index is 2.19. The molecule has 1 heterocycles. The Morgan fingerprint density at radius 1 is 1.47 bits per heavy atom. The van der Waals surface area contributed by atoms with Gasteiger partial charge in [0.25, 0.3) is 6.33 Å². The van der Waals surface area contributed by atoms with E-state index in [1.165, 1.54) is 0 Å². The summed E-state index contributed by atoms with van der Waals surface area (Å²) in [6.45, 7) is 1.98. The molecule has 0 fully saturated rings. The van der Waals surface area contributed by atoms with Crippen LogP contribution in [0.4, 0.5) is 4.79 Å². The molecule has 1 amide bonds. The highest BCUT2D eigenvalue weighted by Crippen LogP contribution is 2.22. The Morgan fingerprint density at radius 3 is 2.79 bits per heavy atom. The van der Waals surface area contributed by atoms with E-state index in [1.54, 1.807) is 29.0 Å². The number of amides is 1. The molecule has 0 bridgehead atoms. The molecule has 2 aromatic rings. The second kappa shape index (κ2) is 5.45. The van der Waals surface area contributed by atoms with Crippen LogP contribution >= 0.6 is 11.6 Å². The van der Waals surface area contributed by atoms with Crippen molar-refractivity contribution in [3.8, 4) is 0 Å². The molecule has 1 atom stereocenters. The van der Waals surface area contributed by atoms with E-state index in [1.807, 2.05) is 49.0 Å². The summed E-state index contributed by atoms with van der Waals surface area (Å²) in [7, 11) is 3.66. The third-order valence-electron chi connectivity index (χ3n) is 3.20. The number of imidazole rings is 1. The zero-order chi connectivity index (χ0) is 14.0. The summed E-state index contributed by atoms with van der Waals surface area (Å²) < 4.78 is 3.39. The molecule has 100 valence electrons. The fraction of sp³-hybridized carbons (Fsp3) is 0.286. The largest absolute Gasteiger partial charge is 0.416 e. The van der Waals surface area contributed by atoms with Crippen LogP contribution in [0.15, 0.2) is 43.0 Å². The van der Waals surface area contributed by atoms with E-state index in [2.05, 4.69) is 0 Å². The van der Waals surface area contributed by atoms with Crippen molar-refractivity contribution >= 4 is 17.6 Å². The van der Waals surface area contributed by atoms with Crippen LogP contribution in [-0.2, 0) is 7.05 Å². The highest BCUT2D eigenvalue weighted by molar-refractivity contribution is 6.30. The first-order valence-electron chi connectivity index (χ1n) is 6.05. The normalized spacial score (nSPS) is 12.2. The van der Waals surface area contributed by atoms with Crippen molar-refractivity contribution in [3.05, 3.63) is 53.6 Å². The average molecular weight is 279 g/mol. The fourth-order valence-electron chi connectivity index (χ4n) is 1.90. The molecule has 0 N–H and O–H groups in total. The molecule has 19 heavy (non-hydrogen) atoms. The minimum atomic E-state index is -0.0759. The summed E-state index contributed by atoms with van der Waals surface area (Å²) in [5, 5.41) is 0.678. The molecule has 0 aliphatic carbocycles. The Labute approximate surface area is 117 Å². The van der Waals surface area contributed by atoms with Crippen LogP contribution in [-0.4, -0.2) is 22.5 Å². The van der Waals surface area contributed by atoms with Gasteiger partial charge in [-0.05, 0) is 24.6 Å². The lowest BCUT2D eigenvalue weighted by Gasteiger charge is -2.23. The Kier molecular flexibility index (Phi) is 3.90.